The van der Waals surface area contributed by atoms with E-state index >= 15 is 0 Å². The summed E-state index contributed by atoms with van der Waals surface area (Å²) in [4.78, 5) is 17.3. The number of amides is 1. The summed E-state index contributed by atoms with van der Waals surface area (Å²) in [5.74, 6) is 1.50. The summed E-state index contributed by atoms with van der Waals surface area (Å²) in [5.41, 5.74) is 1.81. The number of ether oxygens (including phenoxy) is 1. The topological polar surface area (TPSA) is 44.8 Å². The molecule has 0 radical (unpaired) electrons. The molecule has 1 atom stereocenters. The van der Waals surface area contributed by atoms with Crippen LogP contribution >= 0.6 is 11.6 Å². The van der Waals surface area contributed by atoms with Crippen LogP contribution in [0.1, 0.15) is 6.92 Å². The molecule has 3 aromatic carbocycles. The zero-order chi connectivity index (χ0) is 21.6. The fraction of sp³-hybridized carbons (Fsp3) is 0.240. The van der Waals surface area contributed by atoms with Gasteiger partial charge in [0, 0.05) is 31.9 Å². The van der Waals surface area contributed by atoms with E-state index in [-0.39, 0.29) is 11.9 Å². The molecule has 0 aliphatic carbocycles. The lowest BCUT2D eigenvalue weighted by atomic mass is 10.2. The highest BCUT2D eigenvalue weighted by molar-refractivity contribution is 6.33. The maximum absolute atomic E-state index is 12.8. The van der Waals surface area contributed by atoms with E-state index in [9.17, 15) is 4.79 Å². The molecule has 3 aromatic rings. The smallest absolute Gasteiger partial charge is 0.241 e. The van der Waals surface area contributed by atoms with Crippen LogP contribution in [-0.4, -0.2) is 43.0 Å². The Bertz CT molecular complexity index is 1000. The Balaban J connectivity index is 1.29. The zero-order valence-electron chi connectivity index (χ0n) is 17.5. The number of carbonyl (C=O) groups excluding carboxylic acids is 1. The summed E-state index contributed by atoms with van der Waals surface area (Å²) in [5, 5.41) is 3.78. The van der Waals surface area contributed by atoms with E-state index in [0.717, 1.165) is 54.1 Å². The van der Waals surface area contributed by atoms with Gasteiger partial charge < -0.3 is 15.0 Å². The van der Waals surface area contributed by atoms with Gasteiger partial charge in [-0.05, 0) is 55.5 Å². The van der Waals surface area contributed by atoms with Crippen LogP contribution in [-0.2, 0) is 4.79 Å². The van der Waals surface area contributed by atoms with Gasteiger partial charge in [0.25, 0.3) is 0 Å². The van der Waals surface area contributed by atoms with E-state index in [4.69, 9.17) is 16.3 Å². The van der Waals surface area contributed by atoms with Crippen LogP contribution in [0.4, 0.5) is 11.4 Å². The van der Waals surface area contributed by atoms with Crippen molar-refractivity contribution in [1.29, 1.82) is 0 Å². The van der Waals surface area contributed by atoms with E-state index in [1.54, 1.807) is 0 Å². The Morgan fingerprint density at radius 1 is 0.871 bits per heavy atom. The fourth-order valence-electron chi connectivity index (χ4n) is 3.70. The van der Waals surface area contributed by atoms with Gasteiger partial charge in [0.05, 0.1) is 16.8 Å². The van der Waals surface area contributed by atoms with Crippen molar-refractivity contribution in [3.8, 4) is 11.5 Å². The third-order valence-corrected chi connectivity index (χ3v) is 5.85. The van der Waals surface area contributed by atoms with Gasteiger partial charge in [-0.1, -0.05) is 41.9 Å². The quantitative estimate of drug-likeness (QED) is 0.572. The number of hydrogen-bond acceptors (Lipinski definition) is 4. The summed E-state index contributed by atoms with van der Waals surface area (Å²) in [6.07, 6.45) is 0. The molecule has 0 aromatic heterocycles. The molecule has 1 amide bonds. The number of piperazine rings is 1. The van der Waals surface area contributed by atoms with Gasteiger partial charge in [0.1, 0.15) is 11.5 Å². The fourth-order valence-corrected chi connectivity index (χ4v) is 3.96. The molecular formula is C25H26ClN3O2. The minimum atomic E-state index is -0.214. The van der Waals surface area contributed by atoms with Gasteiger partial charge in [0.2, 0.25) is 5.91 Å². The Labute approximate surface area is 188 Å². The van der Waals surface area contributed by atoms with E-state index in [1.807, 2.05) is 85.8 Å². The van der Waals surface area contributed by atoms with Crippen molar-refractivity contribution >= 4 is 28.9 Å². The van der Waals surface area contributed by atoms with Gasteiger partial charge >= 0.3 is 0 Å². The Morgan fingerprint density at radius 3 is 2.16 bits per heavy atom. The first-order valence-electron chi connectivity index (χ1n) is 10.5. The molecule has 1 heterocycles. The van der Waals surface area contributed by atoms with Crippen molar-refractivity contribution in [2.75, 3.05) is 36.4 Å². The van der Waals surface area contributed by atoms with Crippen LogP contribution in [0.25, 0.3) is 0 Å². The first kappa shape index (κ1) is 21.2. The summed E-state index contributed by atoms with van der Waals surface area (Å²) < 4.78 is 5.80. The molecule has 0 bridgehead atoms. The predicted octanol–water partition coefficient (Wildman–Crippen LogP) is 5.28. The number of para-hydroxylation sites is 2. The van der Waals surface area contributed by atoms with Crippen LogP contribution in [0.3, 0.4) is 0 Å². The number of anilines is 2. The zero-order valence-corrected chi connectivity index (χ0v) is 18.3. The second kappa shape index (κ2) is 9.86. The largest absolute Gasteiger partial charge is 0.457 e. The van der Waals surface area contributed by atoms with Crippen molar-refractivity contribution in [2.24, 2.45) is 0 Å². The summed E-state index contributed by atoms with van der Waals surface area (Å²) in [7, 11) is 0. The summed E-state index contributed by atoms with van der Waals surface area (Å²) >= 11 is 6.33. The summed E-state index contributed by atoms with van der Waals surface area (Å²) in [6, 6.07) is 24.7. The Kier molecular flexibility index (Phi) is 6.75. The van der Waals surface area contributed by atoms with Gasteiger partial charge in [0.15, 0.2) is 0 Å². The van der Waals surface area contributed by atoms with Gasteiger partial charge in [-0.25, -0.2) is 0 Å². The number of halogens is 1. The van der Waals surface area contributed by atoms with Crippen molar-refractivity contribution in [3.05, 3.63) is 83.9 Å². The molecule has 1 aliphatic rings. The van der Waals surface area contributed by atoms with Crippen LogP contribution in [0, 0.1) is 0 Å². The molecule has 1 fully saturated rings. The molecule has 1 N–H and O–H groups in total. The predicted molar refractivity (Wildman–Crippen MR) is 126 cm³/mol. The standard InChI is InChI=1S/C25H26ClN3O2/c1-19(28-15-17-29(18-16-28)24-10-6-5-9-23(24)26)25(30)27-20-11-13-22(14-12-20)31-21-7-3-2-4-8-21/h2-14,19H,15-18H2,1H3,(H,27,30). The van der Waals surface area contributed by atoms with Gasteiger partial charge in [-0.15, -0.1) is 0 Å². The molecule has 5 nitrogen and oxygen atoms in total. The van der Waals surface area contributed by atoms with Crippen molar-refractivity contribution in [2.45, 2.75) is 13.0 Å². The molecule has 0 saturated carbocycles. The summed E-state index contributed by atoms with van der Waals surface area (Å²) in [6.45, 7) is 5.25. The molecule has 6 heteroatoms. The number of benzene rings is 3. The molecule has 1 aliphatic heterocycles. The lowest BCUT2D eigenvalue weighted by molar-refractivity contribution is -0.120. The van der Waals surface area contributed by atoms with Crippen molar-refractivity contribution in [3.63, 3.8) is 0 Å². The lowest BCUT2D eigenvalue weighted by Crippen LogP contribution is -2.52. The first-order chi connectivity index (χ1) is 15.1. The van der Waals surface area contributed by atoms with Crippen LogP contribution in [0.5, 0.6) is 11.5 Å². The number of rotatable bonds is 6. The molecule has 31 heavy (non-hydrogen) atoms. The molecule has 4 rings (SSSR count). The molecular weight excluding hydrogens is 410 g/mol. The van der Waals surface area contributed by atoms with Crippen LogP contribution < -0.4 is 15.0 Å². The average Bonchev–Trinajstić information content (AvgIpc) is 2.81. The molecule has 1 saturated heterocycles. The minimum Gasteiger partial charge on any atom is -0.457 e. The highest BCUT2D eigenvalue weighted by Gasteiger charge is 2.26. The Morgan fingerprint density at radius 2 is 1.48 bits per heavy atom. The van der Waals surface area contributed by atoms with E-state index in [2.05, 4.69) is 15.1 Å². The third-order valence-electron chi connectivity index (χ3n) is 5.54. The Hall–Kier alpha value is -3.02. The van der Waals surface area contributed by atoms with Crippen LogP contribution in [0.15, 0.2) is 78.9 Å². The lowest BCUT2D eigenvalue weighted by Gasteiger charge is -2.38. The van der Waals surface area contributed by atoms with Gasteiger partial charge in [-0.3, -0.25) is 9.69 Å². The monoisotopic (exact) mass is 435 g/mol. The average molecular weight is 436 g/mol. The van der Waals surface area contributed by atoms with E-state index in [0.29, 0.717) is 0 Å². The second-order valence-corrected chi connectivity index (χ2v) is 7.99. The SMILES string of the molecule is CC(C(=O)Nc1ccc(Oc2ccccc2)cc1)N1CCN(c2ccccc2Cl)CC1. The maximum atomic E-state index is 12.8. The molecule has 1 unspecified atom stereocenters. The minimum absolute atomic E-state index is 0.0112. The van der Waals surface area contributed by atoms with Gasteiger partial charge in [-0.2, -0.15) is 0 Å². The number of nitrogens with zero attached hydrogens (tertiary/aromatic N) is 2. The number of nitrogens with one attached hydrogen (secondary N) is 1. The third kappa shape index (κ3) is 5.37. The van der Waals surface area contributed by atoms with E-state index in [1.165, 1.54) is 0 Å². The number of carbonyl (C=O) groups is 1. The number of hydrogen-bond donors (Lipinski definition) is 1. The maximum Gasteiger partial charge on any atom is 0.241 e. The van der Waals surface area contributed by atoms with Crippen molar-refractivity contribution in [1.82, 2.24) is 4.90 Å². The first-order valence-corrected chi connectivity index (χ1v) is 10.9. The molecule has 160 valence electrons. The second-order valence-electron chi connectivity index (χ2n) is 7.58. The highest BCUT2D eigenvalue weighted by Crippen LogP contribution is 2.27. The molecule has 0 spiro atoms. The normalized spacial score (nSPS) is 15.4. The van der Waals surface area contributed by atoms with E-state index < -0.39 is 0 Å². The highest BCUT2D eigenvalue weighted by atomic mass is 35.5. The van der Waals surface area contributed by atoms with Crippen LogP contribution in [0.2, 0.25) is 5.02 Å². The van der Waals surface area contributed by atoms with Crippen molar-refractivity contribution < 1.29 is 9.53 Å².